The summed E-state index contributed by atoms with van der Waals surface area (Å²) in [6.45, 7) is 2.91. The van der Waals surface area contributed by atoms with E-state index in [0.717, 1.165) is 0 Å². The van der Waals surface area contributed by atoms with Crippen LogP contribution in [0.4, 0.5) is 0 Å². The van der Waals surface area contributed by atoms with Gasteiger partial charge in [-0.3, -0.25) is 14.4 Å². The van der Waals surface area contributed by atoms with Crippen molar-refractivity contribution in [3.8, 4) is 0 Å². The summed E-state index contributed by atoms with van der Waals surface area (Å²) < 4.78 is 0. The maximum Gasteiger partial charge on any atom is 0.198 e. The number of ketones is 3. The van der Waals surface area contributed by atoms with E-state index in [9.17, 15) is 14.4 Å². The van der Waals surface area contributed by atoms with Crippen molar-refractivity contribution < 1.29 is 19.6 Å². The number of hydrogen-bond donors (Lipinski definition) is 1. The molecular formula is C10H15NO4. The van der Waals surface area contributed by atoms with Crippen LogP contribution in [0.5, 0.6) is 0 Å². The first kappa shape index (κ1) is 13.5. The molecule has 0 saturated carbocycles. The molecule has 0 aliphatic carbocycles. The van der Waals surface area contributed by atoms with Crippen LogP contribution in [-0.2, 0) is 14.4 Å². The molecule has 15 heavy (non-hydrogen) atoms. The van der Waals surface area contributed by atoms with Gasteiger partial charge < -0.3 is 5.21 Å². The zero-order valence-electron chi connectivity index (χ0n) is 8.95. The van der Waals surface area contributed by atoms with Crippen LogP contribution in [0.2, 0.25) is 0 Å². The van der Waals surface area contributed by atoms with Crippen LogP contribution < -0.4 is 0 Å². The van der Waals surface area contributed by atoms with Crippen molar-refractivity contribution in [3.63, 3.8) is 0 Å². The van der Waals surface area contributed by atoms with Gasteiger partial charge >= 0.3 is 0 Å². The largest absolute Gasteiger partial charge is 0.411 e. The number of carbonyl (C=O) groups excluding carboxylic acids is 3. The third-order valence-electron chi connectivity index (χ3n) is 1.98. The molecule has 0 aliphatic heterocycles. The van der Waals surface area contributed by atoms with Crippen molar-refractivity contribution in [1.82, 2.24) is 0 Å². The van der Waals surface area contributed by atoms with Gasteiger partial charge in [0.15, 0.2) is 17.3 Å². The van der Waals surface area contributed by atoms with E-state index in [1.165, 1.54) is 6.92 Å². The molecule has 5 nitrogen and oxygen atoms in total. The van der Waals surface area contributed by atoms with Crippen LogP contribution in [0, 0.1) is 0 Å². The predicted molar refractivity (Wildman–Crippen MR) is 54.1 cm³/mol. The Hall–Kier alpha value is -1.52. The van der Waals surface area contributed by atoms with Crippen LogP contribution >= 0.6 is 0 Å². The Morgan fingerprint density at radius 2 is 1.67 bits per heavy atom. The predicted octanol–water partition coefficient (Wildman–Crippen LogP) is 1.12. The minimum atomic E-state index is -0.492. The van der Waals surface area contributed by atoms with Gasteiger partial charge in [0.1, 0.15) is 5.71 Å². The lowest BCUT2D eigenvalue weighted by Gasteiger charge is -1.99. The van der Waals surface area contributed by atoms with Crippen LogP contribution in [0.3, 0.4) is 0 Å². The monoisotopic (exact) mass is 213 g/mol. The van der Waals surface area contributed by atoms with Gasteiger partial charge in [-0.1, -0.05) is 12.1 Å². The fourth-order valence-electron chi connectivity index (χ4n) is 1.05. The topological polar surface area (TPSA) is 83.8 Å². The zero-order chi connectivity index (χ0) is 11.8. The van der Waals surface area contributed by atoms with E-state index in [0.29, 0.717) is 12.8 Å². The molecule has 0 fully saturated rings. The summed E-state index contributed by atoms with van der Waals surface area (Å²) in [7, 11) is 0. The molecule has 5 heteroatoms. The number of nitrogens with zero attached hydrogens (tertiary/aromatic N) is 1. The molecule has 0 unspecified atom stereocenters. The van der Waals surface area contributed by atoms with Crippen molar-refractivity contribution in [3.05, 3.63) is 0 Å². The Morgan fingerprint density at radius 3 is 2.07 bits per heavy atom. The summed E-state index contributed by atoms with van der Waals surface area (Å²) in [5.41, 5.74) is 0.102. The first-order valence-electron chi connectivity index (χ1n) is 4.80. The maximum absolute atomic E-state index is 11.3. The second kappa shape index (κ2) is 6.86. The van der Waals surface area contributed by atoms with E-state index >= 15 is 0 Å². The van der Waals surface area contributed by atoms with E-state index in [2.05, 4.69) is 5.16 Å². The number of rotatable bonds is 7. The Bertz CT molecular complexity index is 294. The summed E-state index contributed by atoms with van der Waals surface area (Å²) >= 11 is 0. The van der Waals surface area contributed by atoms with Gasteiger partial charge in [-0.2, -0.15) is 0 Å². The molecule has 0 atom stereocenters. The van der Waals surface area contributed by atoms with E-state index in [1.54, 1.807) is 6.92 Å². The first-order valence-corrected chi connectivity index (χ1v) is 4.80. The Labute approximate surface area is 88.2 Å². The van der Waals surface area contributed by atoms with Crippen molar-refractivity contribution in [2.75, 3.05) is 0 Å². The van der Waals surface area contributed by atoms with Crippen LogP contribution in [0.25, 0.3) is 0 Å². The van der Waals surface area contributed by atoms with Gasteiger partial charge in [0.25, 0.3) is 0 Å². The molecule has 0 spiro atoms. The third kappa shape index (κ3) is 5.05. The average Bonchev–Trinajstić information content (AvgIpc) is 2.19. The molecule has 0 aromatic heterocycles. The molecule has 0 aromatic carbocycles. The molecule has 0 amide bonds. The summed E-state index contributed by atoms with van der Waals surface area (Å²) in [6.07, 6.45) is 0.877. The quantitative estimate of drug-likeness (QED) is 0.297. The second-order valence-corrected chi connectivity index (χ2v) is 3.16. The van der Waals surface area contributed by atoms with E-state index in [1.807, 2.05) is 0 Å². The molecule has 0 bridgehead atoms. The van der Waals surface area contributed by atoms with Crippen molar-refractivity contribution in [1.29, 1.82) is 0 Å². The standard InChI is InChI=1S/C10H15NO4/c1-3-8(11-15)10(14)6-4-5-9(13)7(2)12/h15H,3-6H2,1-2H3/b11-8-. The SMILES string of the molecule is CC/C(=N/O)C(=O)CCCC(=O)C(C)=O. The Kier molecular flexibility index (Phi) is 6.17. The molecule has 1 N–H and O–H groups in total. The lowest BCUT2D eigenvalue weighted by atomic mass is 10.1. The molecular weight excluding hydrogens is 198 g/mol. The highest BCUT2D eigenvalue weighted by atomic mass is 16.4. The molecule has 0 radical (unpaired) electrons. The van der Waals surface area contributed by atoms with Crippen LogP contribution in [-0.4, -0.2) is 28.3 Å². The highest BCUT2D eigenvalue weighted by Crippen LogP contribution is 2.01. The minimum absolute atomic E-state index is 0.0729. The molecule has 0 heterocycles. The highest BCUT2D eigenvalue weighted by Gasteiger charge is 2.12. The van der Waals surface area contributed by atoms with Gasteiger partial charge in [0.05, 0.1) is 0 Å². The van der Waals surface area contributed by atoms with Gasteiger partial charge in [-0.15, -0.1) is 0 Å². The van der Waals surface area contributed by atoms with Crippen molar-refractivity contribution in [2.24, 2.45) is 5.16 Å². The number of carbonyl (C=O) groups is 3. The van der Waals surface area contributed by atoms with Gasteiger partial charge in [-0.25, -0.2) is 0 Å². The number of hydrogen-bond acceptors (Lipinski definition) is 5. The molecule has 0 aromatic rings. The lowest BCUT2D eigenvalue weighted by molar-refractivity contribution is -0.135. The zero-order valence-corrected chi connectivity index (χ0v) is 8.95. The summed E-state index contributed by atoms with van der Waals surface area (Å²) in [5, 5.41) is 11.3. The number of oxime groups is 1. The normalized spacial score (nSPS) is 11.2. The maximum atomic E-state index is 11.3. The van der Waals surface area contributed by atoms with E-state index in [4.69, 9.17) is 5.21 Å². The second-order valence-electron chi connectivity index (χ2n) is 3.16. The Morgan fingerprint density at radius 1 is 1.13 bits per heavy atom. The fourth-order valence-corrected chi connectivity index (χ4v) is 1.05. The average molecular weight is 213 g/mol. The third-order valence-corrected chi connectivity index (χ3v) is 1.98. The van der Waals surface area contributed by atoms with Gasteiger partial charge in [-0.05, 0) is 12.8 Å². The lowest BCUT2D eigenvalue weighted by Crippen LogP contribution is -2.14. The van der Waals surface area contributed by atoms with E-state index in [-0.39, 0.29) is 24.3 Å². The van der Waals surface area contributed by atoms with E-state index < -0.39 is 11.6 Å². The van der Waals surface area contributed by atoms with Crippen molar-refractivity contribution >= 4 is 23.1 Å². The summed E-state index contributed by atoms with van der Waals surface area (Å²) in [4.78, 5) is 32.7. The minimum Gasteiger partial charge on any atom is -0.411 e. The summed E-state index contributed by atoms with van der Waals surface area (Å²) in [6, 6.07) is 0. The molecule has 0 aliphatic rings. The Balaban J connectivity index is 3.93. The van der Waals surface area contributed by atoms with Crippen LogP contribution in [0.15, 0.2) is 5.16 Å². The molecule has 84 valence electrons. The van der Waals surface area contributed by atoms with Crippen LogP contribution in [0.1, 0.15) is 39.5 Å². The fraction of sp³-hybridized carbons (Fsp3) is 0.600. The highest BCUT2D eigenvalue weighted by molar-refractivity contribution is 6.39. The smallest absolute Gasteiger partial charge is 0.198 e. The summed E-state index contributed by atoms with van der Waals surface area (Å²) in [5.74, 6) is -1.24. The molecule has 0 saturated heterocycles. The molecule has 0 rings (SSSR count). The van der Waals surface area contributed by atoms with Gasteiger partial charge in [0.2, 0.25) is 0 Å². The number of Topliss-reactive ketones (excluding diaryl/α,β-unsaturated/α-hetero) is 3. The van der Waals surface area contributed by atoms with Gasteiger partial charge in [0, 0.05) is 19.8 Å². The first-order chi connectivity index (χ1) is 7.02. The van der Waals surface area contributed by atoms with Crippen molar-refractivity contribution in [2.45, 2.75) is 39.5 Å².